The Balaban J connectivity index is 1.94. The van der Waals surface area contributed by atoms with Gasteiger partial charge >= 0.3 is 0 Å². The molecule has 0 saturated heterocycles. The lowest BCUT2D eigenvalue weighted by Gasteiger charge is -2.19. The number of benzene rings is 1. The van der Waals surface area contributed by atoms with Gasteiger partial charge in [0.1, 0.15) is 0 Å². The van der Waals surface area contributed by atoms with Crippen LogP contribution >= 0.6 is 0 Å². The van der Waals surface area contributed by atoms with Gasteiger partial charge in [-0.25, -0.2) is 0 Å². The van der Waals surface area contributed by atoms with Gasteiger partial charge in [0.15, 0.2) is 0 Å². The van der Waals surface area contributed by atoms with Gasteiger partial charge in [-0.3, -0.25) is 4.98 Å². The Morgan fingerprint density at radius 2 is 1.60 bits per heavy atom. The van der Waals surface area contributed by atoms with Crippen LogP contribution in [0.2, 0.25) is 0 Å². The molecule has 106 valence electrons. The van der Waals surface area contributed by atoms with E-state index in [-0.39, 0.29) is 5.41 Å². The van der Waals surface area contributed by atoms with Crippen LogP contribution in [0.4, 0.5) is 0 Å². The summed E-state index contributed by atoms with van der Waals surface area (Å²) in [6.45, 7) is 9.79. The standard InChI is InChI=1S/C18H24N2/c1-14(16-9-11-19-12-10-16)20-13-15-5-7-17(8-6-15)18(2,3)4/h5-12,14,20H,13H2,1-4H3/t14-/m0/s1. The minimum atomic E-state index is 0.219. The van der Waals surface area contributed by atoms with Crippen molar-refractivity contribution in [3.63, 3.8) is 0 Å². The zero-order valence-corrected chi connectivity index (χ0v) is 12.9. The molecule has 1 atom stereocenters. The smallest absolute Gasteiger partial charge is 0.0296 e. The molecule has 1 aromatic carbocycles. The molecule has 0 saturated carbocycles. The maximum absolute atomic E-state index is 4.05. The Morgan fingerprint density at radius 1 is 1.00 bits per heavy atom. The minimum Gasteiger partial charge on any atom is -0.306 e. The second kappa shape index (κ2) is 6.19. The minimum absolute atomic E-state index is 0.219. The fourth-order valence-corrected chi connectivity index (χ4v) is 2.16. The number of nitrogens with zero attached hydrogens (tertiary/aromatic N) is 1. The van der Waals surface area contributed by atoms with Crippen LogP contribution in [-0.4, -0.2) is 4.98 Å². The molecule has 0 fully saturated rings. The van der Waals surface area contributed by atoms with E-state index in [4.69, 9.17) is 0 Å². The Hall–Kier alpha value is -1.67. The van der Waals surface area contributed by atoms with Gasteiger partial charge in [-0.2, -0.15) is 0 Å². The number of aromatic nitrogens is 1. The van der Waals surface area contributed by atoms with Crippen LogP contribution in [0, 0.1) is 0 Å². The topological polar surface area (TPSA) is 24.9 Å². The average Bonchev–Trinajstić information content (AvgIpc) is 2.45. The number of rotatable bonds is 4. The van der Waals surface area contributed by atoms with Crippen molar-refractivity contribution in [1.82, 2.24) is 10.3 Å². The summed E-state index contributed by atoms with van der Waals surface area (Å²) in [7, 11) is 0. The number of pyridine rings is 1. The van der Waals surface area contributed by atoms with Crippen LogP contribution < -0.4 is 5.32 Å². The van der Waals surface area contributed by atoms with Gasteiger partial charge in [0.2, 0.25) is 0 Å². The van der Waals surface area contributed by atoms with Crippen molar-refractivity contribution in [3.05, 3.63) is 65.5 Å². The lowest BCUT2D eigenvalue weighted by Crippen LogP contribution is -2.18. The predicted octanol–water partition coefficient (Wildman–Crippen LogP) is 4.23. The van der Waals surface area contributed by atoms with Gasteiger partial charge in [-0.15, -0.1) is 0 Å². The molecule has 2 rings (SSSR count). The zero-order valence-electron chi connectivity index (χ0n) is 12.9. The molecular weight excluding hydrogens is 244 g/mol. The van der Waals surface area contributed by atoms with E-state index in [1.165, 1.54) is 16.7 Å². The van der Waals surface area contributed by atoms with Crippen molar-refractivity contribution >= 4 is 0 Å². The lowest BCUT2D eigenvalue weighted by molar-refractivity contribution is 0.571. The molecule has 2 nitrogen and oxygen atoms in total. The third kappa shape index (κ3) is 3.91. The molecule has 2 aromatic rings. The second-order valence-corrected chi connectivity index (χ2v) is 6.33. The first-order valence-corrected chi connectivity index (χ1v) is 7.19. The maximum Gasteiger partial charge on any atom is 0.0296 e. The maximum atomic E-state index is 4.05. The van der Waals surface area contributed by atoms with Crippen LogP contribution in [-0.2, 0) is 12.0 Å². The van der Waals surface area contributed by atoms with Gasteiger partial charge in [0.25, 0.3) is 0 Å². The fourth-order valence-electron chi connectivity index (χ4n) is 2.16. The molecule has 0 aliphatic heterocycles. The molecule has 0 unspecified atom stereocenters. The van der Waals surface area contributed by atoms with Crippen molar-refractivity contribution in [2.45, 2.75) is 45.7 Å². The van der Waals surface area contributed by atoms with E-state index in [1.807, 2.05) is 12.4 Å². The quantitative estimate of drug-likeness (QED) is 0.897. The third-order valence-corrected chi connectivity index (χ3v) is 3.64. The highest BCUT2D eigenvalue weighted by Crippen LogP contribution is 2.22. The summed E-state index contributed by atoms with van der Waals surface area (Å²) < 4.78 is 0. The molecular formula is C18H24N2. The van der Waals surface area contributed by atoms with Crippen LogP contribution in [0.1, 0.15) is 50.4 Å². The Bertz CT molecular complexity index is 524. The van der Waals surface area contributed by atoms with E-state index < -0.39 is 0 Å². The molecule has 0 bridgehead atoms. The molecule has 0 amide bonds. The summed E-state index contributed by atoms with van der Waals surface area (Å²) in [6, 6.07) is 13.3. The summed E-state index contributed by atoms with van der Waals surface area (Å²) >= 11 is 0. The highest BCUT2D eigenvalue weighted by molar-refractivity contribution is 5.27. The molecule has 0 aliphatic carbocycles. The average molecular weight is 268 g/mol. The van der Waals surface area contributed by atoms with Crippen LogP contribution in [0.3, 0.4) is 0 Å². The van der Waals surface area contributed by atoms with Crippen molar-refractivity contribution in [2.24, 2.45) is 0 Å². The van der Waals surface area contributed by atoms with Crippen LogP contribution in [0.15, 0.2) is 48.8 Å². The Labute approximate surface area is 122 Å². The fraction of sp³-hybridized carbons (Fsp3) is 0.389. The molecule has 20 heavy (non-hydrogen) atoms. The van der Waals surface area contributed by atoms with E-state index in [0.29, 0.717) is 6.04 Å². The summed E-state index contributed by atoms with van der Waals surface area (Å²) in [6.07, 6.45) is 3.68. The van der Waals surface area contributed by atoms with Crippen LogP contribution in [0.25, 0.3) is 0 Å². The van der Waals surface area contributed by atoms with Crippen molar-refractivity contribution in [2.75, 3.05) is 0 Å². The predicted molar refractivity (Wildman–Crippen MR) is 84.6 cm³/mol. The Morgan fingerprint density at radius 3 is 2.15 bits per heavy atom. The van der Waals surface area contributed by atoms with E-state index in [1.54, 1.807) is 0 Å². The SMILES string of the molecule is C[C@H](NCc1ccc(C(C)(C)C)cc1)c1ccncc1. The first-order valence-electron chi connectivity index (χ1n) is 7.19. The van der Waals surface area contributed by atoms with E-state index in [2.05, 4.69) is 74.4 Å². The normalized spacial score (nSPS) is 13.2. The van der Waals surface area contributed by atoms with Crippen LogP contribution in [0.5, 0.6) is 0 Å². The molecule has 0 radical (unpaired) electrons. The molecule has 2 heteroatoms. The summed E-state index contributed by atoms with van der Waals surface area (Å²) in [5.74, 6) is 0. The zero-order chi connectivity index (χ0) is 14.6. The summed E-state index contributed by atoms with van der Waals surface area (Å²) in [4.78, 5) is 4.05. The van der Waals surface area contributed by atoms with Crippen molar-refractivity contribution < 1.29 is 0 Å². The van der Waals surface area contributed by atoms with Crippen molar-refractivity contribution in [3.8, 4) is 0 Å². The second-order valence-electron chi connectivity index (χ2n) is 6.33. The molecule has 1 aromatic heterocycles. The Kier molecular flexibility index (Phi) is 4.56. The largest absolute Gasteiger partial charge is 0.306 e. The summed E-state index contributed by atoms with van der Waals surface area (Å²) in [5, 5.41) is 3.55. The lowest BCUT2D eigenvalue weighted by atomic mass is 9.87. The first-order chi connectivity index (χ1) is 9.47. The number of hydrogen-bond acceptors (Lipinski definition) is 2. The van der Waals surface area contributed by atoms with Gasteiger partial charge < -0.3 is 5.32 Å². The van der Waals surface area contributed by atoms with E-state index in [0.717, 1.165) is 6.54 Å². The van der Waals surface area contributed by atoms with Gasteiger partial charge in [-0.1, -0.05) is 45.0 Å². The van der Waals surface area contributed by atoms with Gasteiger partial charge in [-0.05, 0) is 41.2 Å². The molecule has 0 spiro atoms. The molecule has 1 heterocycles. The third-order valence-electron chi connectivity index (χ3n) is 3.64. The van der Waals surface area contributed by atoms with Crippen molar-refractivity contribution in [1.29, 1.82) is 0 Å². The monoisotopic (exact) mass is 268 g/mol. The van der Waals surface area contributed by atoms with E-state index >= 15 is 0 Å². The highest BCUT2D eigenvalue weighted by atomic mass is 14.9. The first kappa shape index (κ1) is 14.7. The van der Waals surface area contributed by atoms with Gasteiger partial charge in [0, 0.05) is 25.0 Å². The summed E-state index contributed by atoms with van der Waals surface area (Å²) in [5.41, 5.74) is 4.18. The van der Waals surface area contributed by atoms with E-state index in [9.17, 15) is 0 Å². The number of nitrogens with one attached hydrogen (secondary N) is 1. The molecule has 0 aliphatic rings. The molecule has 1 N–H and O–H groups in total. The van der Waals surface area contributed by atoms with Gasteiger partial charge in [0.05, 0.1) is 0 Å². The highest BCUT2D eigenvalue weighted by Gasteiger charge is 2.12. The number of hydrogen-bond donors (Lipinski definition) is 1.